The van der Waals surface area contributed by atoms with E-state index in [1.807, 2.05) is 0 Å². The SMILES string of the molecule is c1ccc2cc3cc4c(cc3cc2c1)CCC4. The maximum Gasteiger partial charge on any atom is -0.0175 e. The first-order valence-corrected chi connectivity index (χ1v) is 6.34. The highest BCUT2D eigenvalue weighted by atomic mass is 14.2. The van der Waals surface area contributed by atoms with Crippen molar-refractivity contribution in [3.63, 3.8) is 0 Å². The van der Waals surface area contributed by atoms with Crippen LogP contribution in [0.25, 0.3) is 21.5 Å². The van der Waals surface area contributed by atoms with Crippen molar-refractivity contribution in [3.8, 4) is 0 Å². The van der Waals surface area contributed by atoms with Crippen LogP contribution in [0.3, 0.4) is 0 Å². The Bertz CT molecular complexity index is 661. The van der Waals surface area contributed by atoms with Gasteiger partial charge in [0.2, 0.25) is 0 Å². The minimum absolute atomic E-state index is 1.26. The van der Waals surface area contributed by atoms with Gasteiger partial charge in [-0.25, -0.2) is 0 Å². The molecule has 0 atom stereocenters. The Hall–Kier alpha value is -1.82. The fraction of sp³-hybridized carbons (Fsp3) is 0.176. The minimum atomic E-state index is 1.26. The molecule has 0 saturated heterocycles. The van der Waals surface area contributed by atoms with Crippen molar-refractivity contribution in [2.45, 2.75) is 19.3 Å². The molecule has 3 aromatic carbocycles. The third-order valence-electron chi connectivity index (χ3n) is 3.92. The molecule has 4 rings (SSSR count). The van der Waals surface area contributed by atoms with E-state index >= 15 is 0 Å². The zero-order valence-corrected chi connectivity index (χ0v) is 9.74. The van der Waals surface area contributed by atoms with Crippen LogP contribution in [0.1, 0.15) is 17.5 Å². The summed E-state index contributed by atoms with van der Waals surface area (Å²) in [5.41, 5.74) is 3.13. The monoisotopic (exact) mass is 218 g/mol. The first kappa shape index (κ1) is 9.23. The summed E-state index contributed by atoms with van der Waals surface area (Å²) in [5, 5.41) is 5.48. The molecule has 0 heterocycles. The second-order valence-electron chi connectivity index (χ2n) is 5.02. The van der Waals surface area contributed by atoms with Crippen LogP contribution in [0, 0.1) is 0 Å². The van der Waals surface area contributed by atoms with E-state index in [0.717, 1.165) is 0 Å². The van der Waals surface area contributed by atoms with E-state index in [2.05, 4.69) is 48.5 Å². The summed E-state index contributed by atoms with van der Waals surface area (Å²) in [4.78, 5) is 0. The van der Waals surface area contributed by atoms with Gasteiger partial charge < -0.3 is 0 Å². The predicted octanol–water partition coefficient (Wildman–Crippen LogP) is 4.48. The van der Waals surface area contributed by atoms with Crippen molar-refractivity contribution in [2.24, 2.45) is 0 Å². The molecule has 1 aliphatic carbocycles. The van der Waals surface area contributed by atoms with Gasteiger partial charge in [0.05, 0.1) is 0 Å². The van der Waals surface area contributed by atoms with Crippen LogP contribution in [0.4, 0.5) is 0 Å². The summed E-state index contributed by atoms with van der Waals surface area (Å²) < 4.78 is 0. The van der Waals surface area contributed by atoms with Gasteiger partial charge in [0.25, 0.3) is 0 Å². The number of rotatable bonds is 0. The van der Waals surface area contributed by atoms with Gasteiger partial charge in [-0.05, 0) is 64.1 Å². The van der Waals surface area contributed by atoms with E-state index in [1.165, 1.54) is 40.8 Å². The third-order valence-corrected chi connectivity index (χ3v) is 3.92. The third kappa shape index (κ3) is 1.37. The lowest BCUT2D eigenvalue weighted by Gasteiger charge is -2.05. The maximum absolute atomic E-state index is 2.39. The molecular formula is C17H14. The van der Waals surface area contributed by atoms with Crippen molar-refractivity contribution in [3.05, 3.63) is 59.7 Å². The molecule has 82 valence electrons. The summed E-state index contributed by atoms with van der Waals surface area (Å²) >= 11 is 0. The largest absolute Gasteiger partial charge is 0.0616 e. The molecule has 0 saturated carbocycles. The topological polar surface area (TPSA) is 0 Å². The molecule has 0 heteroatoms. The highest BCUT2D eigenvalue weighted by Crippen LogP contribution is 2.30. The normalized spacial score (nSPS) is 14.4. The van der Waals surface area contributed by atoms with Crippen molar-refractivity contribution >= 4 is 21.5 Å². The van der Waals surface area contributed by atoms with E-state index in [-0.39, 0.29) is 0 Å². The van der Waals surface area contributed by atoms with Crippen molar-refractivity contribution in [1.29, 1.82) is 0 Å². The first-order valence-electron chi connectivity index (χ1n) is 6.34. The van der Waals surface area contributed by atoms with Crippen molar-refractivity contribution < 1.29 is 0 Å². The van der Waals surface area contributed by atoms with Gasteiger partial charge >= 0.3 is 0 Å². The fourth-order valence-electron chi connectivity index (χ4n) is 3.02. The van der Waals surface area contributed by atoms with E-state index < -0.39 is 0 Å². The maximum atomic E-state index is 2.39. The Labute approximate surface area is 101 Å². The molecule has 0 nitrogen and oxygen atoms in total. The molecule has 0 fully saturated rings. The molecule has 0 unspecified atom stereocenters. The first-order chi connectivity index (χ1) is 8.40. The molecule has 0 bridgehead atoms. The molecule has 0 radical (unpaired) electrons. The second-order valence-corrected chi connectivity index (χ2v) is 5.02. The molecule has 0 aromatic heterocycles. The molecule has 0 aliphatic heterocycles. The summed E-state index contributed by atoms with van der Waals surface area (Å²) in [6.07, 6.45) is 3.85. The Morgan fingerprint density at radius 3 is 1.65 bits per heavy atom. The molecule has 17 heavy (non-hydrogen) atoms. The zero-order valence-electron chi connectivity index (χ0n) is 9.74. The van der Waals surface area contributed by atoms with Gasteiger partial charge in [0, 0.05) is 0 Å². The highest BCUT2D eigenvalue weighted by molar-refractivity contribution is 5.98. The molecule has 0 N–H and O–H groups in total. The van der Waals surface area contributed by atoms with Crippen LogP contribution in [0.2, 0.25) is 0 Å². The average Bonchev–Trinajstić information content (AvgIpc) is 2.80. The number of aryl methyl sites for hydroxylation is 2. The number of fused-ring (bicyclic) bond motifs is 3. The molecule has 1 aliphatic rings. The average molecular weight is 218 g/mol. The smallest absolute Gasteiger partial charge is 0.0175 e. The van der Waals surface area contributed by atoms with Gasteiger partial charge in [0.15, 0.2) is 0 Å². The summed E-state index contributed by atoms with van der Waals surface area (Å²) in [5.74, 6) is 0. The lowest BCUT2D eigenvalue weighted by Crippen LogP contribution is -1.83. The van der Waals surface area contributed by atoms with Gasteiger partial charge in [-0.3, -0.25) is 0 Å². The van der Waals surface area contributed by atoms with Gasteiger partial charge in [0.1, 0.15) is 0 Å². The number of benzene rings is 3. The van der Waals surface area contributed by atoms with Gasteiger partial charge in [-0.15, -0.1) is 0 Å². The summed E-state index contributed by atoms with van der Waals surface area (Å²) in [7, 11) is 0. The Morgan fingerprint density at radius 1 is 0.588 bits per heavy atom. The predicted molar refractivity (Wildman–Crippen MR) is 73.5 cm³/mol. The van der Waals surface area contributed by atoms with Gasteiger partial charge in [-0.1, -0.05) is 36.4 Å². The summed E-state index contributed by atoms with van der Waals surface area (Å²) in [6.45, 7) is 0. The Kier molecular flexibility index (Phi) is 1.81. The number of hydrogen-bond acceptors (Lipinski definition) is 0. The van der Waals surface area contributed by atoms with Crippen LogP contribution in [-0.4, -0.2) is 0 Å². The standard InChI is InChI=1S/C17H14/c1-2-5-13-9-17-11-15-7-3-6-14(15)10-16(17)8-12(13)4-1/h1-2,4-5,8-11H,3,6-7H2. The van der Waals surface area contributed by atoms with E-state index in [0.29, 0.717) is 0 Å². The lowest BCUT2D eigenvalue weighted by atomic mass is 9.99. The number of hydrogen-bond donors (Lipinski definition) is 0. The molecule has 3 aromatic rings. The van der Waals surface area contributed by atoms with E-state index in [9.17, 15) is 0 Å². The zero-order chi connectivity index (χ0) is 11.2. The molecule has 0 spiro atoms. The van der Waals surface area contributed by atoms with Crippen LogP contribution < -0.4 is 0 Å². The summed E-state index contributed by atoms with van der Waals surface area (Å²) in [6, 6.07) is 18.0. The highest BCUT2D eigenvalue weighted by Gasteiger charge is 2.11. The van der Waals surface area contributed by atoms with Crippen LogP contribution in [0.15, 0.2) is 48.5 Å². The minimum Gasteiger partial charge on any atom is -0.0616 e. The quantitative estimate of drug-likeness (QED) is 0.488. The van der Waals surface area contributed by atoms with Crippen molar-refractivity contribution in [1.82, 2.24) is 0 Å². The molecule has 0 amide bonds. The molecular weight excluding hydrogens is 204 g/mol. The van der Waals surface area contributed by atoms with Crippen LogP contribution in [0.5, 0.6) is 0 Å². The Morgan fingerprint density at radius 2 is 1.12 bits per heavy atom. The van der Waals surface area contributed by atoms with Crippen LogP contribution in [-0.2, 0) is 12.8 Å². The second kappa shape index (κ2) is 3.33. The van der Waals surface area contributed by atoms with Gasteiger partial charge in [-0.2, -0.15) is 0 Å². The lowest BCUT2D eigenvalue weighted by molar-refractivity contribution is 0.912. The Balaban J connectivity index is 2.12. The van der Waals surface area contributed by atoms with Crippen LogP contribution >= 0.6 is 0 Å². The van der Waals surface area contributed by atoms with Crippen molar-refractivity contribution in [2.75, 3.05) is 0 Å². The fourth-order valence-corrected chi connectivity index (χ4v) is 3.02. The van der Waals surface area contributed by atoms with E-state index in [1.54, 1.807) is 11.1 Å². The van der Waals surface area contributed by atoms with E-state index in [4.69, 9.17) is 0 Å².